The van der Waals surface area contributed by atoms with E-state index >= 15 is 0 Å². The minimum atomic E-state index is -1.04. The number of benzene rings is 2. The molecule has 7 rings (SSSR count). The molecule has 5 heterocycles. The van der Waals surface area contributed by atoms with Crippen molar-refractivity contribution in [3.05, 3.63) is 64.8 Å². The molecular formula is C33H34ClF2N7O3. The van der Waals surface area contributed by atoms with Gasteiger partial charge in [-0.2, -0.15) is 15.2 Å². The molecule has 4 aliphatic heterocycles. The summed E-state index contributed by atoms with van der Waals surface area (Å²) < 4.78 is 40.3. The number of rotatable bonds is 8. The number of fused-ring (bicyclic) bond motifs is 4. The van der Waals surface area contributed by atoms with Crippen LogP contribution in [0.4, 0.5) is 20.3 Å². The fourth-order valence-electron chi connectivity index (χ4n) is 7.23. The van der Waals surface area contributed by atoms with E-state index in [-0.39, 0.29) is 24.0 Å². The van der Waals surface area contributed by atoms with Crippen molar-refractivity contribution < 1.29 is 23.0 Å². The third-order valence-corrected chi connectivity index (χ3v) is 9.87. The van der Waals surface area contributed by atoms with Crippen LogP contribution in [0.3, 0.4) is 0 Å². The van der Waals surface area contributed by atoms with Gasteiger partial charge in [-0.3, -0.25) is 9.69 Å². The molecular weight excluding hydrogens is 616 g/mol. The summed E-state index contributed by atoms with van der Waals surface area (Å²) in [5.74, 6) is -1.63. The van der Waals surface area contributed by atoms with Gasteiger partial charge in [-0.15, -0.1) is 0 Å². The van der Waals surface area contributed by atoms with Crippen LogP contribution in [0.2, 0.25) is 5.02 Å². The zero-order chi connectivity index (χ0) is 31.9. The molecule has 1 amide bonds. The normalized spacial score (nSPS) is 22.7. The van der Waals surface area contributed by atoms with E-state index in [0.29, 0.717) is 62.6 Å². The summed E-state index contributed by atoms with van der Waals surface area (Å²) in [6, 6.07) is 11.1. The Morgan fingerprint density at radius 3 is 2.80 bits per heavy atom. The van der Waals surface area contributed by atoms with Gasteiger partial charge in [0.15, 0.2) is 5.83 Å². The summed E-state index contributed by atoms with van der Waals surface area (Å²) in [5, 5.41) is 11.1. The maximum absolute atomic E-state index is 14.6. The van der Waals surface area contributed by atoms with Crippen molar-refractivity contribution in [2.45, 2.75) is 44.0 Å². The van der Waals surface area contributed by atoms with E-state index in [9.17, 15) is 18.8 Å². The molecule has 1 unspecified atom stereocenters. The first-order chi connectivity index (χ1) is 22.3. The average Bonchev–Trinajstić information content (AvgIpc) is 3.69. The van der Waals surface area contributed by atoms with Crippen molar-refractivity contribution in [1.29, 1.82) is 5.26 Å². The first-order valence-electron chi connectivity index (χ1n) is 15.6. The Hall–Kier alpha value is -4.05. The number of carbonyl (C=O) groups excluding carboxylic acids is 1. The van der Waals surface area contributed by atoms with Crippen molar-refractivity contribution in [3.63, 3.8) is 0 Å². The quantitative estimate of drug-likeness (QED) is 0.332. The van der Waals surface area contributed by atoms with Crippen molar-refractivity contribution in [1.82, 2.24) is 19.8 Å². The van der Waals surface area contributed by atoms with Gasteiger partial charge in [-0.05, 0) is 30.4 Å². The molecule has 0 N–H and O–H groups in total. The van der Waals surface area contributed by atoms with Crippen LogP contribution in [-0.4, -0.2) is 96.3 Å². The van der Waals surface area contributed by atoms with Crippen LogP contribution in [0.15, 0.2) is 42.7 Å². The number of nitriles is 1. The zero-order valence-electron chi connectivity index (χ0n) is 25.3. The smallest absolute Gasteiger partial charge is 0.318 e. The molecule has 3 aromatic rings. The molecule has 3 atom stereocenters. The summed E-state index contributed by atoms with van der Waals surface area (Å²) in [7, 11) is 0. The van der Waals surface area contributed by atoms with E-state index in [1.54, 1.807) is 6.07 Å². The highest BCUT2D eigenvalue weighted by Gasteiger charge is 2.39. The SMILES string of the molecule is C=C(F)C(=O)N1CCN(c2nc(OCCN3C[C@@H]4CC3CO4)nc3c2CCN(c2cccc4ccc(F)c(Cl)c24)C3)C[C@@H]1CC#N. The molecule has 2 aromatic carbocycles. The van der Waals surface area contributed by atoms with Crippen LogP contribution in [0.25, 0.3) is 10.8 Å². The minimum Gasteiger partial charge on any atom is -0.462 e. The Balaban J connectivity index is 1.19. The molecule has 13 heteroatoms. The molecule has 0 saturated carbocycles. The molecule has 46 heavy (non-hydrogen) atoms. The summed E-state index contributed by atoms with van der Waals surface area (Å²) in [5.41, 5.74) is 2.53. The van der Waals surface area contributed by atoms with Crippen molar-refractivity contribution in [2.24, 2.45) is 0 Å². The van der Waals surface area contributed by atoms with E-state index in [0.717, 1.165) is 48.4 Å². The van der Waals surface area contributed by atoms with Crippen LogP contribution in [0.1, 0.15) is 24.1 Å². The van der Waals surface area contributed by atoms with E-state index < -0.39 is 23.6 Å². The Kier molecular flexibility index (Phi) is 8.40. The standard InChI is InChI=1S/C33H34ClF2N7O3/c1-20(35)32(44)43-12-11-42(16-22(43)7-9-37)31-25-8-10-41(28-4-2-3-21-5-6-26(36)30(34)29(21)28)18-27(25)38-33(39-31)45-14-13-40-17-24-15-23(40)19-46-24/h2-6,22-24H,1,7-8,10-19H2/t22-,23?,24-/m0/s1. The number of piperazine rings is 1. The molecule has 0 spiro atoms. The molecule has 0 aliphatic carbocycles. The first kappa shape index (κ1) is 30.6. The monoisotopic (exact) mass is 649 g/mol. The van der Waals surface area contributed by atoms with Crippen LogP contribution in [0.5, 0.6) is 6.01 Å². The molecule has 2 bridgehead atoms. The second kappa shape index (κ2) is 12.6. The lowest BCUT2D eigenvalue weighted by molar-refractivity contribution is -0.131. The van der Waals surface area contributed by atoms with E-state index in [1.165, 1.54) is 11.0 Å². The molecule has 10 nitrogen and oxygen atoms in total. The highest BCUT2D eigenvalue weighted by Crippen LogP contribution is 2.38. The van der Waals surface area contributed by atoms with Crippen LogP contribution in [0, 0.1) is 17.1 Å². The Labute approximate surface area is 270 Å². The Morgan fingerprint density at radius 1 is 1.17 bits per heavy atom. The third kappa shape index (κ3) is 5.72. The van der Waals surface area contributed by atoms with E-state index in [2.05, 4.69) is 22.4 Å². The Bertz CT molecular complexity index is 1740. The molecule has 3 saturated heterocycles. The number of halogens is 3. The van der Waals surface area contributed by atoms with Gasteiger partial charge in [0.05, 0.1) is 48.5 Å². The van der Waals surface area contributed by atoms with Gasteiger partial charge in [-0.25, -0.2) is 8.78 Å². The van der Waals surface area contributed by atoms with Crippen molar-refractivity contribution in [2.75, 3.05) is 62.3 Å². The number of amides is 1. The lowest BCUT2D eigenvalue weighted by atomic mass is 10.0. The van der Waals surface area contributed by atoms with Crippen LogP contribution < -0.4 is 14.5 Å². The maximum Gasteiger partial charge on any atom is 0.318 e. The average molecular weight is 650 g/mol. The van der Waals surface area contributed by atoms with Gasteiger partial charge < -0.3 is 24.2 Å². The number of morpholine rings is 1. The predicted molar refractivity (Wildman–Crippen MR) is 169 cm³/mol. The lowest BCUT2D eigenvalue weighted by Crippen LogP contribution is -2.55. The summed E-state index contributed by atoms with van der Waals surface area (Å²) in [4.78, 5) is 30.2. The number of likely N-dealkylation sites (tertiary alicyclic amines) is 1. The molecule has 240 valence electrons. The highest BCUT2D eigenvalue weighted by molar-refractivity contribution is 6.36. The molecule has 1 aromatic heterocycles. The van der Waals surface area contributed by atoms with E-state index in [1.807, 2.05) is 23.1 Å². The van der Waals surface area contributed by atoms with Gasteiger partial charge in [0.1, 0.15) is 18.2 Å². The fourth-order valence-corrected chi connectivity index (χ4v) is 7.50. The molecule has 3 fully saturated rings. The van der Waals surface area contributed by atoms with Crippen LogP contribution >= 0.6 is 11.6 Å². The van der Waals surface area contributed by atoms with Gasteiger partial charge in [0, 0.05) is 61.9 Å². The zero-order valence-corrected chi connectivity index (χ0v) is 26.1. The van der Waals surface area contributed by atoms with Gasteiger partial charge in [0.25, 0.3) is 5.91 Å². The largest absolute Gasteiger partial charge is 0.462 e. The number of anilines is 2. The number of nitrogens with zero attached hydrogens (tertiary/aromatic N) is 7. The summed E-state index contributed by atoms with van der Waals surface area (Å²) in [6.07, 6.45) is 1.97. The lowest BCUT2D eigenvalue weighted by Gasteiger charge is -2.42. The summed E-state index contributed by atoms with van der Waals surface area (Å²) in [6.45, 7) is 7.87. The number of ether oxygens (including phenoxy) is 2. The van der Waals surface area contributed by atoms with Crippen molar-refractivity contribution >= 4 is 39.8 Å². The second-order valence-corrected chi connectivity index (χ2v) is 12.6. The summed E-state index contributed by atoms with van der Waals surface area (Å²) >= 11 is 6.48. The van der Waals surface area contributed by atoms with Crippen LogP contribution in [-0.2, 0) is 22.5 Å². The molecule has 0 radical (unpaired) electrons. The van der Waals surface area contributed by atoms with Gasteiger partial charge in [-0.1, -0.05) is 36.4 Å². The maximum atomic E-state index is 14.6. The Morgan fingerprint density at radius 2 is 2.04 bits per heavy atom. The fraction of sp³-hybridized carbons (Fsp3) is 0.455. The second-order valence-electron chi connectivity index (χ2n) is 12.2. The number of hydrogen-bond donors (Lipinski definition) is 0. The minimum absolute atomic E-state index is 0.0417. The van der Waals surface area contributed by atoms with E-state index in [4.69, 9.17) is 31.0 Å². The highest BCUT2D eigenvalue weighted by atomic mass is 35.5. The van der Waals surface area contributed by atoms with Gasteiger partial charge >= 0.3 is 6.01 Å². The number of hydrogen-bond acceptors (Lipinski definition) is 9. The van der Waals surface area contributed by atoms with Gasteiger partial charge in [0.2, 0.25) is 0 Å². The topological polar surface area (TPSA) is 98.1 Å². The number of carbonyl (C=O) groups is 1. The first-order valence-corrected chi connectivity index (χ1v) is 16.0. The molecule has 4 aliphatic rings. The number of aromatic nitrogens is 2. The predicted octanol–water partition coefficient (Wildman–Crippen LogP) is 4.25. The third-order valence-electron chi connectivity index (χ3n) is 9.50. The van der Waals surface area contributed by atoms with Crippen molar-refractivity contribution in [3.8, 4) is 12.1 Å².